The second kappa shape index (κ2) is 5.25. The zero-order chi connectivity index (χ0) is 8.27. The van der Waals surface area contributed by atoms with Crippen molar-refractivity contribution in [3.8, 4) is 0 Å². The predicted molar refractivity (Wildman–Crippen MR) is 51.2 cm³/mol. The van der Waals surface area contributed by atoms with Crippen LogP contribution in [0, 0.1) is 5.92 Å². The van der Waals surface area contributed by atoms with Crippen molar-refractivity contribution in [3.63, 3.8) is 0 Å². The summed E-state index contributed by atoms with van der Waals surface area (Å²) in [6, 6.07) is 0.495. The summed E-state index contributed by atoms with van der Waals surface area (Å²) in [5.41, 5.74) is 14.0. The summed E-state index contributed by atoms with van der Waals surface area (Å²) in [5.74, 6) is 0.453. The van der Waals surface area contributed by atoms with Gasteiger partial charge in [0.2, 0.25) is 0 Å². The molecule has 0 aromatic rings. The zero-order valence-electron chi connectivity index (χ0n) is 7.18. The number of nitrogens with two attached hydrogens (primary N) is 1. The summed E-state index contributed by atoms with van der Waals surface area (Å²) >= 11 is 0. The van der Waals surface area contributed by atoms with Gasteiger partial charge in [-0.05, 0) is 30.7 Å². The van der Waals surface area contributed by atoms with Crippen molar-refractivity contribution in [2.75, 3.05) is 0 Å². The quantitative estimate of drug-likeness (QED) is 0.384. The van der Waals surface area contributed by atoms with Crippen LogP contribution in [0.4, 0.5) is 0 Å². The molecule has 0 unspecified atom stereocenters. The monoisotopic (exact) mass is 190 g/mol. The van der Waals surface area contributed by atoms with Crippen molar-refractivity contribution < 1.29 is 0 Å². The summed E-state index contributed by atoms with van der Waals surface area (Å²) < 4.78 is 0. The van der Waals surface area contributed by atoms with Gasteiger partial charge in [-0.15, -0.1) is 12.4 Å². The average molecular weight is 191 g/mol. The van der Waals surface area contributed by atoms with Gasteiger partial charge in [0.15, 0.2) is 0 Å². The normalized spacial score (nSPS) is 34.7. The number of hydrogen-bond donors (Lipinski definition) is 1. The highest BCUT2D eigenvalue weighted by atomic mass is 35.5. The lowest BCUT2D eigenvalue weighted by molar-refractivity contribution is 0.299. The van der Waals surface area contributed by atoms with Crippen LogP contribution in [0.25, 0.3) is 10.4 Å². The van der Waals surface area contributed by atoms with Crippen molar-refractivity contribution in [1.29, 1.82) is 0 Å². The van der Waals surface area contributed by atoms with E-state index < -0.39 is 0 Å². The first-order valence-corrected chi connectivity index (χ1v) is 4.04. The molecule has 0 radical (unpaired) electrons. The molecule has 0 aromatic carbocycles. The minimum Gasteiger partial charge on any atom is -0.328 e. The number of azide groups is 1. The third-order valence-corrected chi connectivity index (χ3v) is 2.36. The van der Waals surface area contributed by atoms with Crippen LogP contribution in [0.5, 0.6) is 0 Å². The average Bonchev–Trinajstić information content (AvgIpc) is 1.95. The number of hydrogen-bond acceptors (Lipinski definition) is 2. The first-order chi connectivity index (χ1) is 5.24. The van der Waals surface area contributed by atoms with Gasteiger partial charge >= 0.3 is 0 Å². The topological polar surface area (TPSA) is 74.8 Å². The molecule has 1 aliphatic rings. The Morgan fingerprint density at radius 3 is 2.67 bits per heavy atom. The fraction of sp³-hybridized carbons (Fsp3) is 1.00. The lowest BCUT2D eigenvalue weighted by Crippen LogP contribution is -2.33. The molecule has 5 heteroatoms. The van der Waals surface area contributed by atoms with E-state index in [2.05, 4.69) is 16.9 Å². The molecule has 1 fully saturated rings. The molecule has 0 bridgehead atoms. The molecule has 4 nitrogen and oxygen atoms in total. The molecule has 3 atom stereocenters. The molecule has 1 saturated carbocycles. The standard InChI is InChI=1S/C7H14N4.ClH/c1-5-4-6(8)2-3-7(5)10-11-9;/h5-7H,2-4,8H2,1H3;1H/t5-,6-,7-;/m1./s1. The van der Waals surface area contributed by atoms with Crippen molar-refractivity contribution in [3.05, 3.63) is 10.4 Å². The second-order valence-electron chi connectivity index (χ2n) is 3.32. The summed E-state index contributed by atoms with van der Waals surface area (Å²) in [6.07, 6.45) is 2.93. The smallest absolute Gasteiger partial charge is 0.0400 e. The molecule has 1 rings (SSSR count). The van der Waals surface area contributed by atoms with Gasteiger partial charge in [0.05, 0.1) is 0 Å². The first kappa shape index (κ1) is 11.6. The van der Waals surface area contributed by atoms with E-state index in [0.29, 0.717) is 12.0 Å². The number of nitrogens with zero attached hydrogens (tertiary/aromatic N) is 3. The predicted octanol–water partition coefficient (Wildman–Crippen LogP) is 2.23. The lowest BCUT2D eigenvalue weighted by Gasteiger charge is -2.28. The Bertz CT molecular complexity index is 178. The van der Waals surface area contributed by atoms with Crippen LogP contribution in [-0.2, 0) is 0 Å². The summed E-state index contributed by atoms with van der Waals surface area (Å²) in [7, 11) is 0. The van der Waals surface area contributed by atoms with Crippen LogP contribution < -0.4 is 5.73 Å². The highest BCUT2D eigenvalue weighted by Crippen LogP contribution is 2.25. The molecule has 2 N–H and O–H groups in total. The van der Waals surface area contributed by atoms with Crippen molar-refractivity contribution >= 4 is 12.4 Å². The van der Waals surface area contributed by atoms with Gasteiger partial charge in [-0.25, -0.2) is 0 Å². The minimum atomic E-state index is 0. The fourth-order valence-electron chi connectivity index (χ4n) is 1.66. The Labute approximate surface area is 78.5 Å². The van der Waals surface area contributed by atoms with E-state index in [1.807, 2.05) is 0 Å². The number of rotatable bonds is 1. The summed E-state index contributed by atoms with van der Waals surface area (Å²) in [4.78, 5) is 2.82. The highest BCUT2D eigenvalue weighted by Gasteiger charge is 2.24. The lowest BCUT2D eigenvalue weighted by atomic mass is 9.84. The van der Waals surface area contributed by atoms with E-state index >= 15 is 0 Å². The van der Waals surface area contributed by atoms with Crippen LogP contribution in [-0.4, -0.2) is 12.1 Å². The van der Waals surface area contributed by atoms with Gasteiger partial charge in [-0.1, -0.05) is 12.0 Å². The minimum absolute atomic E-state index is 0. The third-order valence-electron chi connectivity index (χ3n) is 2.36. The van der Waals surface area contributed by atoms with E-state index in [4.69, 9.17) is 11.3 Å². The van der Waals surface area contributed by atoms with Crippen molar-refractivity contribution in [2.45, 2.75) is 38.3 Å². The van der Waals surface area contributed by atoms with E-state index in [9.17, 15) is 0 Å². The van der Waals surface area contributed by atoms with Crippen LogP contribution in [0.3, 0.4) is 0 Å². The van der Waals surface area contributed by atoms with Gasteiger partial charge in [-0.2, -0.15) is 0 Å². The largest absolute Gasteiger partial charge is 0.328 e. The molecule has 0 saturated heterocycles. The highest BCUT2D eigenvalue weighted by molar-refractivity contribution is 5.85. The Morgan fingerprint density at radius 1 is 1.50 bits per heavy atom. The maximum absolute atomic E-state index is 8.23. The molecule has 0 aliphatic heterocycles. The summed E-state index contributed by atoms with van der Waals surface area (Å²) in [6.45, 7) is 2.10. The van der Waals surface area contributed by atoms with Gasteiger partial charge in [0.1, 0.15) is 0 Å². The maximum Gasteiger partial charge on any atom is 0.0400 e. The third kappa shape index (κ3) is 2.89. The number of halogens is 1. The summed E-state index contributed by atoms with van der Waals surface area (Å²) in [5, 5.41) is 3.72. The molecule has 0 spiro atoms. The molecule has 70 valence electrons. The van der Waals surface area contributed by atoms with Gasteiger partial charge in [-0.3, -0.25) is 0 Å². The Kier molecular flexibility index (Phi) is 5.06. The van der Waals surface area contributed by atoms with Crippen LogP contribution in [0.2, 0.25) is 0 Å². The van der Waals surface area contributed by atoms with Gasteiger partial charge in [0.25, 0.3) is 0 Å². The SMILES string of the molecule is C[C@@H]1C[C@H](N)CC[C@H]1N=[N+]=[N-].Cl. The Morgan fingerprint density at radius 2 is 2.17 bits per heavy atom. The van der Waals surface area contributed by atoms with Crippen molar-refractivity contribution in [1.82, 2.24) is 0 Å². The van der Waals surface area contributed by atoms with E-state index in [1.165, 1.54) is 0 Å². The fourth-order valence-corrected chi connectivity index (χ4v) is 1.66. The van der Waals surface area contributed by atoms with Crippen molar-refractivity contribution in [2.24, 2.45) is 16.8 Å². The van der Waals surface area contributed by atoms with Crippen LogP contribution in [0.15, 0.2) is 5.11 Å². The molecule has 0 aromatic heterocycles. The Balaban J connectivity index is 0.00000121. The maximum atomic E-state index is 8.23. The molecule has 1 aliphatic carbocycles. The van der Waals surface area contributed by atoms with E-state index in [0.717, 1.165) is 19.3 Å². The molecular weight excluding hydrogens is 176 g/mol. The van der Waals surface area contributed by atoms with Crippen LogP contribution in [0.1, 0.15) is 26.2 Å². The molecular formula is C7H15ClN4. The molecule has 12 heavy (non-hydrogen) atoms. The molecule has 0 heterocycles. The second-order valence-corrected chi connectivity index (χ2v) is 3.32. The first-order valence-electron chi connectivity index (χ1n) is 4.04. The molecule has 0 amide bonds. The van der Waals surface area contributed by atoms with Gasteiger partial charge in [0, 0.05) is 17.0 Å². The zero-order valence-corrected chi connectivity index (χ0v) is 8.00. The van der Waals surface area contributed by atoms with Crippen LogP contribution >= 0.6 is 12.4 Å². The van der Waals surface area contributed by atoms with E-state index in [1.54, 1.807) is 0 Å². The van der Waals surface area contributed by atoms with Gasteiger partial charge < -0.3 is 5.73 Å². The van der Waals surface area contributed by atoms with E-state index in [-0.39, 0.29) is 18.4 Å². The Hall–Kier alpha value is -0.440.